The van der Waals surface area contributed by atoms with E-state index < -0.39 is 17.8 Å². The molecule has 0 fully saturated rings. The summed E-state index contributed by atoms with van der Waals surface area (Å²) in [4.78, 5) is 22.7. The van der Waals surface area contributed by atoms with E-state index in [4.69, 9.17) is 0 Å². The van der Waals surface area contributed by atoms with Crippen LogP contribution in [-0.4, -0.2) is 35.7 Å². The van der Waals surface area contributed by atoms with Gasteiger partial charge in [0.15, 0.2) is 6.29 Å². The molecule has 1 aromatic carbocycles. The molecule has 0 saturated carbocycles. The Balaban J connectivity index is 2.48. The van der Waals surface area contributed by atoms with Gasteiger partial charge < -0.3 is 9.84 Å². The number of hydrogen-bond donors (Lipinski definition) is 0. The van der Waals surface area contributed by atoms with E-state index >= 15 is 0 Å². The average molecular weight is 259 g/mol. The number of esters is 1. The van der Waals surface area contributed by atoms with E-state index in [0.29, 0.717) is 12.0 Å². The SMILES string of the molecule is COC(=O)/C(=C(\C)[O-])[N+]1=C(c2ccccc2)C1C=O. The number of nitrogens with zero attached hydrogens (tertiary/aromatic N) is 1. The van der Waals surface area contributed by atoms with Crippen molar-refractivity contribution in [3.8, 4) is 0 Å². The molecule has 0 spiro atoms. The maximum Gasteiger partial charge on any atom is 0.402 e. The van der Waals surface area contributed by atoms with Crippen LogP contribution < -0.4 is 5.11 Å². The zero-order chi connectivity index (χ0) is 14.0. The van der Waals surface area contributed by atoms with Crippen LogP contribution in [-0.2, 0) is 14.3 Å². The van der Waals surface area contributed by atoms with E-state index in [0.717, 1.165) is 5.56 Å². The van der Waals surface area contributed by atoms with Crippen molar-refractivity contribution in [2.24, 2.45) is 0 Å². The van der Waals surface area contributed by atoms with E-state index in [-0.39, 0.29) is 5.70 Å². The number of ether oxygens (including phenoxy) is 1. The van der Waals surface area contributed by atoms with Crippen molar-refractivity contribution < 1.29 is 24.0 Å². The topological polar surface area (TPSA) is 69.4 Å². The Morgan fingerprint density at radius 3 is 2.47 bits per heavy atom. The van der Waals surface area contributed by atoms with Crippen molar-refractivity contribution in [1.29, 1.82) is 0 Å². The minimum absolute atomic E-state index is 0.113. The zero-order valence-corrected chi connectivity index (χ0v) is 10.6. The summed E-state index contributed by atoms with van der Waals surface area (Å²) in [6, 6.07) is 8.57. The molecule has 0 aromatic heterocycles. The van der Waals surface area contributed by atoms with Crippen LogP contribution in [0.1, 0.15) is 12.5 Å². The van der Waals surface area contributed by atoms with Crippen LogP contribution in [0.3, 0.4) is 0 Å². The monoisotopic (exact) mass is 259 g/mol. The Morgan fingerprint density at radius 1 is 1.37 bits per heavy atom. The summed E-state index contributed by atoms with van der Waals surface area (Å²) in [5, 5.41) is 11.6. The molecule has 0 N–H and O–H groups in total. The highest BCUT2D eigenvalue weighted by atomic mass is 16.5. The van der Waals surface area contributed by atoms with Crippen molar-refractivity contribution in [3.05, 3.63) is 47.4 Å². The third-order valence-electron chi connectivity index (χ3n) is 2.90. The number of aldehydes is 1. The molecule has 0 bridgehead atoms. The summed E-state index contributed by atoms with van der Waals surface area (Å²) in [5.41, 5.74) is 1.34. The Labute approximate surface area is 110 Å². The molecule has 98 valence electrons. The first kappa shape index (κ1) is 13.0. The molecule has 0 saturated heterocycles. The van der Waals surface area contributed by atoms with Gasteiger partial charge >= 0.3 is 5.97 Å². The number of rotatable bonds is 4. The first-order valence-electron chi connectivity index (χ1n) is 5.74. The van der Waals surface area contributed by atoms with Crippen molar-refractivity contribution >= 4 is 18.0 Å². The smallest absolute Gasteiger partial charge is 0.402 e. The van der Waals surface area contributed by atoms with E-state index in [2.05, 4.69) is 4.74 Å². The number of hydrogen-bond acceptors (Lipinski definition) is 4. The highest BCUT2D eigenvalue weighted by Crippen LogP contribution is 2.24. The summed E-state index contributed by atoms with van der Waals surface area (Å²) in [5.74, 6) is -1.16. The Morgan fingerprint density at radius 2 is 2.00 bits per heavy atom. The highest BCUT2D eigenvalue weighted by molar-refractivity contribution is 6.15. The van der Waals surface area contributed by atoms with Gasteiger partial charge in [-0.2, -0.15) is 4.58 Å². The van der Waals surface area contributed by atoms with E-state index in [9.17, 15) is 14.7 Å². The minimum Gasteiger partial charge on any atom is -0.871 e. The molecule has 0 amide bonds. The molecule has 1 heterocycles. The summed E-state index contributed by atoms with van der Waals surface area (Å²) < 4.78 is 6.00. The summed E-state index contributed by atoms with van der Waals surface area (Å²) in [6.45, 7) is 1.27. The van der Waals surface area contributed by atoms with Crippen LogP contribution in [0.15, 0.2) is 41.8 Å². The lowest BCUT2D eigenvalue weighted by atomic mass is 10.1. The van der Waals surface area contributed by atoms with Gasteiger partial charge in [0, 0.05) is 5.56 Å². The third-order valence-corrected chi connectivity index (χ3v) is 2.90. The highest BCUT2D eigenvalue weighted by Gasteiger charge is 2.54. The fraction of sp³-hybridized carbons (Fsp3) is 0.214. The molecule has 0 radical (unpaired) electrons. The average Bonchev–Trinajstić information content (AvgIpc) is 3.13. The van der Waals surface area contributed by atoms with Crippen LogP contribution in [0.5, 0.6) is 0 Å². The molecule has 1 aliphatic heterocycles. The lowest BCUT2D eigenvalue weighted by molar-refractivity contribution is -0.420. The number of carbonyl (C=O) groups excluding carboxylic acids is 2. The van der Waals surface area contributed by atoms with Crippen LogP contribution in [0.4, 0.5) is 0 Å². The van der Waals surface area contributed by atoms with E-state index in [1.807, 2.05) is 30.3 Å². The molecule has 1 atom stereocenters. The van der Waals surface area contributed by atoms with Gasteiger partial charge in [-0.25, -0.2) is 4.79 Å². The maximum absolute atomic E-state index is 11.6. The van der Waals surface area contributed by atoms with Gasteiger partial charge in [-0.15, -0.1) is 0 Å². The second-order valence-electron chi connectivity index (χ2n) is 4.10. The lowest BCUT2D eigenvalue weighted by Gasteiger charge is -2.05. The molecule has 0 aliphatic carbocycles. The second kappa shape index (κ2) is 5.06. The molecule has 5 heteroatoms. The standard InChI is InChI=1S/C14H13NO4/c1-9(17)12(14(18)19-2)15-11(8-16)13(15)10-6-4-3-5-7-10/h3-8,11H,1-2H3. The number of benzene rings is 1. The number of methoxy groups -OCH3 is 1. The van der Waals surface area contributed by atoms with Crippen LogP contribution >= 0.6 is 0 Å². The van der Waals surface area contributed by atoms with E-state index in [1.165, 1.54) is 18.6 Å². The first-order chi connectivity index (χ1) is 9.11. The Hall–Kier alpha value is -2.43. The van der Waals surface area contributed by atoms with Crippen molar-refractivity contribution in [2.75, 3.05) is 7.11 Å². The summed E-state index contributed by atoms with van der Waals surface area (Å²) >= 11 is 0. The molecule has 1 unspecified atom stereocenters. The normalized spacial score (nSPS) is 18.7. The predicted molar refractivity (Wildman–Crippen MR) is 65.4 cm³/mol. The predicted octanol–water partition coefficient (Wildman–Crippen LogP) is -0.166. The molecule has 5 nitrogen and oxygen atoms in total. The fourth-order valence-electron chi connectivity index (χ4n) is 2.02. The first-order valence-corrected chi connectivity index (χ1v) is 5.74. The van der Waals surface area contributed by atoms with E-state index in [1.54, 1.807) is 0 Å². The van der Waals surface area contributed by atoms with Crippen molar-refractivity contribution in [2.45, 2.75) is 13.0 Å². The second-order valence-corrected chi connectivity index (χ2v) is 4.10. The number of allylic oxidation sites excluding steroid dienone is 1. The lowest BCUT2D eigenvalue weighted by Crippen LogP contribution is -2.20. The maximum atomic E-state index is 11.6. The summed E-state index contributed by atoms with van der Waals surface area (Å²) in [6.07, 6.45) is 0.703. The van der Waals surface area contributed by atoms with Crippen LogP contribution in [0.25, 0.3) is 0 Å². The van der Waals surface area contributed by atoms with Gasteiger partial charge in [0.1, 0.15) is 0 Å². The molecule has 1 aromatic rings. The van der Waals surface area contributed by atoms with Gasteiger partial charge in [-0.05, 0) is 19.1 Å². The molecule has 2 rings (SSSR count). The van der Waals surface area contributed by atoms with Gasteiger partial charge in [0.25, 0.3) is 17.5 Å². The largest absolute Gasteiger partial charge is 0.871 e. The van der Waals surface area contributed by atoms with Gasteiger partial charge in [0.05, 0.1) is 7.11 Å². The molecule has 19 heavy (non-hydrogen) atoms. The van der Waals surface area contributed by atoms with Crippen molar-refractivity contribution in [3.63, 3.8) is 0 Å². The van der Waals surface area contributed by atoms with Crippen molar-refractivity contribution in [1.82, 2.24) is 0 Å². The minimum atomic E-state index is -0.731. The quantitative estimate of drug-likeness (QED) is 0.247. The third kappa shape index (κ3) is 2.27. The van der Waals surface area contributed by atoms with Gasteiger partial charge in [-0.3, -0.25) is 4.79 Å². The molecular formula is C14H13NO4. The molecular weight excluding hydrogens is 246 g/mol. The van der Waals surface area contributed by atoms with Crippen LogP contribution in [0.2, 0.25) is 0 Å². The summed E-state index contributed by atoms with van der Waals surface area (Å²) in [7, 11) is 1.20. The zero-order valence-electron chi connectivity index (χ0n) is 10.6. The number of carbonyl (C=O) groups is 2. The van der Waals surface area contributed by atoms with Gasteiger partial charge in [0.2, 0.25) is 0 Å². The fourth-order valence-corrected chi connectivity index (χ4v) is 2.02. The van der Waals surface area contributed by atoms with Crippen LogP contribution in [0, 0.1) is 0 Å². The Bertz CT molecular complexity index is 583. The molecule has 1 aliphatic rings. The Kier molecular flexibility index (Phi) is 3.46. The van der Waals surface area contributed by atoms with Gasteiger partial charge in [-0.1, -0.05) is 24.0 Å².